The van der Waals surface area contributed by atoms with Crippen molar-refractivity contribution in [3.63, 3.8) is 0 Å². The molecule has 0 aliphatic heterocycles. The van der Waals surface area contributed by atoms with Crippen LogP contribution in [-0.4, -0.2) is 37.1 Å². The maximum absolute atomic E-state index is 11.5. The second-order valence-electron chi connectivity index (χ2n) is 3.01. The van der Waals surface area contributed by atoms with Crippen molar-refractivity contribution in [2.45, 2.75) is 0 Å². The van der Waals surface area contributed by atoms with E-state index in [0.717, 1.165) is 13.1 Å². The summed E-state index contributed by atoms with van der Waals surface area (Å²) in [6, 6.07) is 5.25. The number of nitrogens with one attached hydrogen (secondary N) is 2. The van der Waals surface area contributed by atoms with Crippen molar-refractivity contribution in [3.05, 3.63) is 30.1 Å². The fourth-order valence-corrected chi connectivity index (χ4v) is 1.08. The Labute approximate surface area is 89.1 Å². The average molecular weight is 208 g/mol. The number of carbonyl (C=O) groups excluding carboxylic acids is 1. The van der Waals surface area contributed by atoms with Gasteiger partial charge in [0.1, 0.15) is 5.69 Å². The molecule has 1 rings (SSSR count). The molecule has 1 aromatic heterocycles. The highest BCUT2D eigenvalue weighted by atomic mass is 16.1. The van der Waals surface area contributed by atoms with Gasteiger partial charge in [-0.2, -0.15) is 0 Å². The third kappa shape index (κ3) is 4.53. The minimum atomic E-state index is -0.148. The molecule has 0 saturated heterocycles. The van der Waals surface area contributed by atoms with Crippen LogP contribution in [-0.2, 0) is 0 Å². The summed E-state index contributed by atoms with van der Waals surface area (Å²) >= 11 is 0. The molecule has 0 bridgehead atoms. The third-order valence-corrected chi connectivity index (χ3v) is 1.81. The topological polar surface area (TPSA) is 80.0 Å². The third-order valence-electron chi connectivity index (χ3n) is 1.81. The Kier molecular flexibility index (Phi) is 5.35. The van der Waals surface area contributed by atoms with Gasteiger partial charge in [0.25, 0.3) is 5.91 Å². The number of nitrogens with zero attached hydrogens (tertiary/aromatic N) is 1. The number of pyridine rings is 1. The maximum Gasteiger partial charge on any atom is 0.269 e. The number of carbonyl (C=O) groups is 1. The molecule has 5 nitrogen and oxygen atoms in total. The van der Waals surface area contributed by atoms with Crippen LogP contribution < -0.4 is 16.4 Å². The quantitative estimate of drug-likeness (QED) is 0.543. The van der Waals surface area contributed by atoms with Crippen molar-refractivity contribution in [1.29, 1.82) is 0 Å². The van der Waals surface area contributed by atoms with Crippen LogP contribution in [0, 0.1) is 0 Å². The Morgan fingerprint density at radius 2 is 2.20 bits per heavy atom. The second-order valence-corrected chi connectivity index (χ2v) is 3.01. The number of hydrogen-bond acceptors (Lipinski definition) is 4. The maximum atomic E-state index is 11.5. The fourth-order valence-electron chi connectivity index (χ4n) is 1.08. The zero-order valence-electron chi connectivity index (χ0n) is 8.57. The van der Waals surface area contributed by atoms with Crippen molar-refractivity contribution in [2.75, 3.05) is 26.2 Å². The first-order valence-corrected chi connectivity index (χ1v) is 4.94. The first kappa shape index (κ1) is 11.6. The van der Waals surface area contributed by atoms with Crippen LogP contribution in [0.2, 0.25) is 0 Å². The smallest absolute Gasteiger partial charge is 0.269 e. The summed E-state index contributed by atoms with van der Waals surface area (Å²) in [6.07, 6.45) is 1.60. The van der Waals surface area contributed by atoms with Crippen LogP contribution in [0.25, 0.3) is 0 Å². The van der Waals surface area contributed by atoms with E-state index >= 15 is 0 Å². The number of aromatic nitrogens is 1. The number of nitrogens with two attached hydrogens (primary N) is 1. The van der Waals surface area contributed by atoms with Crippen LogP contribution in [0.4, 0.5) is 0 Å². The summed E-state index contributed by atoms with van der Waals surface area (Å²) in [5.74, 6) is -0.148. The van der Waals surface area contributed by atoms with E-state index in [1.165, 1.54) is 0 Å². The summed E-state index contributed by atoms with van der Waals surface area (Å²) < 4.78 is 0. The Bertz CT molecular complexity index is 289. The number of rotatable bonds is 6. The molecule has 15 heavy (non-hydrogen) atoms. The van der Waals surface area contributed by atoms with E-state index in [1.54, 1.807) is 24.4 Å². The molecule has 0 radical (unpaired) electrons. The van der Waals surface area contributed by atoms with Gasteiger partial charge in [0, 0.05) is 32.4 Å². The van der Waals surface area contributed by atoms with Crippen LogP contribution in [0.1, 0.15) is 10.5 Å². The first-order chi connectivity index (χ1) is 7.34. The summed E-state index contributed by atoms with van der Waals surface area (Å²) in [5.41, 5.74) is 5.74. The predicted molar refractivity (Wildman–Crippen MR) is 58.5 cm³/mol. The van der Waals surface area contributed by atoms with Crippen LogP contribution in [0.15, 0.2) is 24.4 Å². The van der Waals surface area contributed by atoms with E-state index in [9.17, 15) is 4.79 Å². The standard InChI is InChI=1S/C10H16N4O/c11-4-6-12-7-8-14-10(15)9-3-1-2-5-13-9/h1-3,5,12H,4,6-8,11H2,(H,14,15). The summed E-state index contributed by atoms with van der Waals surface area (Å²) in [4.78, 5) is 15.4. The molecule has 0 saturated carbocycles. The lowest BCUT2D eigenvalue weighted by atomic mass is 10.3. The molecular weight excluding hydrogens is 192 g/mol. The van der Waals surface area contributed by atoms with Gasteiger partial charge in [-0.25, -0.2) is 0 Å². The van der Waals surface area contributed by atoms with Crippen LogP contribution >= 0.6 is 0 Å². The van der Waals surface area contributed by atoms with Gasteiger partial charge in [-0.3, -0.25) is 9.78 Å². The largest absolute Gasteiger partial charge is 0.349 e. The van der Waals surface area contributed by atoms with E-state index in [2.05, 4.69) is 15.6 Å². The fraction of sp³-hybridized carbons (Fsp3) is 0.400. The number of amides is 1. The SMILES string of the molecule is NCCNCCNC(=O)c1ccccn1. The van der Waals surface area contributed by atoms with Gasteiger partial charge in [0.2, 0.25) is 0 Å². The van der Waals surface area contributed by atoms with Crippen molar-refractivity contribution in [1.82, 2.24) is 15.6 Å². The predicted octanol–water partition coefficient (Wildman–Crippen LogP) is -0.640. The number of hydrogen-bond donors (Lipinski definition) is 3. The zero-order valence-corrected chi connectivity index (χ0v) is 8.57. The summed E-state index contributed by atoms with van der Waals surface area (Å²) in [5, 5.41) is 5.83. The molecule has 1 heterocycles. The highest BCUT2D eigenvalue weighted by molar-refractivity contribution is 5.92. The first-order valence-electron chi connectivity index (χ1n) is 4.94. The van der Waals surface area contributed by atoms with Crippen LogP contribution in [0.3, 0.4) is 0 Å². The molecule has 4 N–H and O–H groups in total. The Hall–Kier alpha value is -1.46. The monoisotopic (exact) mass is 208 g/mol. The molecule has 82 valence electrons. The van der Waals surface area contributed by atoms with Gasteiger partial charge in [-0.15, -0.1) is 0 Å². The van der Waals surface area contributed by atoms with E-state index in [1.807, 2.05) is 0 Å². The molecule has 1 amide bonds. The molecule has 0 aliphatic carbocycles. The van der Waals surface area contributed by atoms with Gasteiger partial charge >= 0.3 is 0 Å². The minimum absolute atomic E-state index is 0.148. The summed E-state index contributed by atoms with van der Waals surface area (Å²) in [7, 11) is 0. The molecule has 0 aromatic carbocycles. The average Bonchev–Trinajstić information content (AvgIpc) is 2.30. The Morgan fingerprint density at radius 1 is 1.33 bits per heavy atom. The van der Waals surface area contributed by atoms with E-state index < -0.39 is 0 Å². The molecule has 0 fully saturated rings. The van der Waals surface area contributed by atoms with E-state index in [0.29, 0.717) is 18.8 Å². The van der Waals surface area contributed by atoms with Crippen molar-refractivity contribution in [2.24, 2.45) is 5.73 Å². The minimum Gasteiger partial charge on any atom is -0.349 e. The molecule has 1 aromatic rings. The molecule has 5 heteroatoms. The lowest BCUT2D eigenvalue weighted by Gasteiger charge is -2.05. The zero-order chi connectivity index (χ0) is 10.9. The highest BCUT2D eigenvalue weighted by Gasteiger charge is 2.03. The Morgan fingerprint density at radius 3 is 2.87 bits per heavy atom. The van der Waals surface area contributed by atoms with E-state index in [-0.39, 0.29) is 5.91 Å². The molecule has 0 spiro atoms. The molecule has 0 atom stereocenters. The lowest BCUT2D eigenvalue weighted by Crippen LogP contribution is -2.34. The van der Waals surface area contributed by atoms with Gasteiger partial charge in [-0.05, 0) is 12.1 Å². The van der Waals surface area contributed by atoms with Crippen molar-refractivity contribution >= 4 is 5.91 Å². The van der Waals surface area contributed by atoms with Gasteiger partial charge in [-0.1, -0.05) is 6.07 Å². The second kappa shape index (κ2) is 6.92. The highest BCUT2D eigenvalue weighted by Crippen LogP contribution is 1.91. The lowest BCUT2D eigenvalue weighted by molar-refractivity contribution is 0.0949. The van der Waals surface area contributed by atoms with Gasteiger partial charge in [0.05, 0.1) is 0 Å². The summed E-state index contributed by atoms with van der Waals surface area (Å²) in [6.45, 7) is 2.67. The normalized spacial score (nSPS) is 9.93. The molecule has 0 unspecified atom stereocenters. The van der Waals surface area contributed by atoms with Crippen molar-refractivity contribution in [3.8, 4) is 0 Å². The Balaban J connectivity index is 2.20. The van der Waals surface area contributed by atoms with E-state index in [4.69, 9.17) is 5.73 Å². The van der Waals surface area contributed by atoms with Crippen molar-refractivity contribution < 1.29 is 4.79 Å². The molecular formula is C10H16N4O. The van der Waals surface area contributed by atoms with Gasteiger partial charge < -0.3 is 16.4 Å². The molecule has 0 aliphatic rings. The van der Waals surface area contributed by atoms with Gasteiger partial charge in [0.15, 0.2) is 0 Å². The van der Waals surface area contributed by atoms with Crippen LogP contribution in [0.5, 0.6) is 0 Å².